The number of nitrogens with zero attached hydrogens (tertiary/aromatic N) is 1. The Hall–Kier alpha value is -0.140. The largest absolute Gasteiger partial charge is 0.229 e. The van der Waals surface area contributed by atoms with E-state index in [1.54, 1.807) is 4.31 Å². The Morgan fingerprint density at radius 3 is 2.26 bits per heavy atom. The number of sulfonamides is 1. The average molecular weight is 311 g/mol. The zero-order chi connectivity index (χ0) is 14.7. The number of hydrogen-bond donors (Lipinski definition) is 0. The fraction of sp³-hybridized carbons (Fsp3) is 1.00. The van der Waals surface area contributed by atoms with E-state index in [2.05, 4.69) is 6.92 Å². The van der Waals surface area contributed by atoms with Crippen molar-refractivity contribution in [3.63, 3.8) is 0 Å². The van der Waals surface area contributed by atoms with E-state index >= 15 is 0 Å². The molecular formula is C12H25NO4S2. The first-order valence-electron chi connectivity index (χ1n) is 6.79. The summed E-state index contributed by atoms with van der Waals surface area (Å²) in [7, 11) is -6.43. The maximum Gasteiger partial charge on any atom is 0.214 e. The highest BCUT2D eigenvalue weighted by molar-refractivity contribution is 7.91. The van der Waals surface area contributed by atoms with E-state index in [9.17, 15) is 16.8 Å². The monoisotopic (exact) mass is 311 g/mol. The number of hydrogen-bond acceptors (Lipinski definition) is 4. The summed E-state index contributed by atoms with van der Waals surface area (Å²) in [6.45, 7) is 4.56. The Labute approximate surface area is 117 Å². The van der Waals surface area contributed by atoms with Gasteiger partial charge in [0.25, 0.3) is 0 Å². The molecule has 0 aromatic heterocycles. The van der Waals surface area contributed by atoms with Crippen LogP contribution in [0.5, 0.6) is 0 Å². The fourth-order valence-electron chi connectivity index (χ4n) is 2.49. The van der Waals surface area contributed by atoms with Crippen LogP contribution in [0.2, 0.25) is 0 Å². The van der Waals surface area contributed by atoms with Crippen LogP contribution in [0.1, 0.15) is 39.5 Å². The van der Waals surface area contributed by atoms with Gasteiger partial charge in [-0.1, -0.05) is 13.3 Å². The van der Waals surface area contributed by atoms with Gasteiger partial charge in [-0.05, 0) is 32.1 Å². The minimum atomic E-state index is -3.34. The third kappa shape index (κ3) is 5.79. The standard InChI is InChI=1S/C12H25NO4S2/c1-11-6-4-7-12(2)13(10-11)19(16,17)9-5-8-18(3,14)15/h11-12H,4-10H2,1-3H3/t11-,12-/m0/s1. The van der Waals surface area contributed by atoms with Crippen molar-refractivity contribution in [1.82, 2.24) is 4.31 Å². The van der Waals surface area contributed by atoms with Crippen LogP contribution in [0.3, 0.4) is 0 Å². The highest BCUT2D eigenvalue weighted by Gasteiger charge is 2.30. The highest BCUT2D eigenvalue weighted by Crippen LogP contribution is 2.23. The second-order valence-corrected chi connectivity index (χ2v) is 10.1. The molecule has 1 fully saturated rings. The van der Waals surface area contributed by atoms with E-state index in [-0.39, 0.29) is 24.0 Å². The van der Waals surface area contributed by atoms with Crippen molar-refractivity contribution in [1.29, 1.82) is 0 Å². The molecule has 1 heterocycles. The van der Waals surface area contributed by atoms with E-state index in [0.29, 0.717) is 12.5 Å². The van der Waals surface area contributed by atoms with Crippen LogP contribution in [0.25, 0.3) is 0 Å². The number of sulfone groups is 1. The van der Waals surface area contributed by atoms with Gasteiger partial charge in [0.1, 0.15) is 9.84 Å². The molecule has 0 spiro atoms. The van der Waals surface area contributed by atoms with E-state index < -0.39 is 19.9 Å². The summed E-state index contributed by atoms with van der Waals surface area (Å²) in [6.07, 6.45) is 4.31. The zero-order valence-corrected chi connectivity index (χ0v) is 13.6. The molecule has 0 aliphatic carbocycles. The van der Waals surface area contributed by atoms with Crippen LogP contribution in [-0.2, 0) is 19.9 Å². The Balaban J connectivity index is 2.69. The molecule has 0 amide bonds. The molecule has 2 atom stereocenters. The molecule has 7 heteroatoms. The Kier molecular flexibility index (Phi) is 5.82. The lowest BCUT2D eigenvalue weighted by atomic mass is 10.1. The molecule has 1 saturated heterocycles. The normalized spacial score (nSPS) is 27.1. The van der Waals surface area contributed by atoms with Gasteiger partial charge in [-0.3, -0.25) is 0 Å². The fourth-order valence-corrected chi connectivity index (χ4v) is 5.22. The molecule has 1 aliphatic heterocycles. The summed E-state index contributed by atoms with van der Waals surface area (Å²) in [5.41, 5.74) is 0. The van der Waals surface area contributed by atoms with Crippen molar-refractivity contribution < 1.29 is 16.8 Å². The molecule has 0 radical (unpaired) electrons. The summed E-state index contributed by atoms with van der Waals surface area (Å²) in [6, 6.07) is 0.0215. The van der Waals surface area contributed by atoms with Crippen molar-refractivity contribution in [2.24, 2.45) is 5.92 Å². The molecule has 0 unspecified atom stereocenters. The van der Waals surface area contributed by atoms with Crippen LogP contribution in [0.15, 0.2) is 0 Å². The smallest absolute Gasteiger partial charge is 0.214 e. The van der Waals surface area contributed by atoms with Gasteiger partial charge in [0.05, 0.1) is 11.5 Å². The topological polar surface area (TPSA) is 71.5 Å². The first-order chi connectivity index (χ1) is 8.62. The second-order valence-electron chi connectivity index (χ2n) is 5.75. The molecule has 0 aromatic rings. The van der Waals surface area contributed by atoms with Crippen LogP contribution in [-0.4, -0.2) is 51.5 Å². The van der Waals surface area contributed by atoms with E-state index in [1.165, 1.54) is 0 Å². The van der Waals surface area contributed by atoms with E-state index in [0.717, 1.165) is 25.5 Å². The molecule has 0 N–H and O–H groups in total. The molecular weight excluding hydrogens is 286 g/mol. The van der Waals surface area contributed by atoms with Crippen molar-refractivity contribution in [2.75, 3.05) is 24.3 Å². The summed E-state index contributed by atoms with van der Waals surface area (Å²) < 4.78 is 48.3. The van der Waals surface area contributed by atoms with Crippen LogP contribution in [0, 0.1) is 5.92 Å². The van der Waals surface area contributed by atoms with Crippen LogP contribution >= 0.6 is 0 Å². The quantitative estimate of drug-likeness (QED) is 0.766. The lowest BCUT2D eigenvalue weighted by Gasteiger charge is -2.27. The van der Waals surface area contributed by atoms with Crippen molar-refractivity contribution >= 4 is 19.9 Å². The minimum absolute atomic E-state index is 0.0215. The van der Waals surface area contributed by atoms with Gasteiger partial charge >= 0.3 is 0 Å². The first kappa shape index (κ1) is 16.9. The van der Waals surface area contributed by atoms with Gasteiger partial charge in [0.15, 0.2) is 0 Å². The maximum absolute atomic E-state index is 12.3. The highest BCUT2D eigenvalue weighted by atomic mass is 32.2. The zero-order valence-electron chi connectivity index (χ0n) is 12.0. The van der Waals surface area contributed by atoms with Gasteiger partial charge in [-0.2, -0.15) is 4.31 Å². The van der Waals surface area contributed by atoms with Gasteiger partial charge in [-0.25, -0.2) is 16.8 Å². The van der Waals surface area contributed by atoms with E-state index in [1.807, 2.05) is 6.92 Å². The summed E-state index contributed by atoms with van der Waals surface area (Å²) >= 11 is 0. The molecule has 5 nitrogen and oxygen atoms in total. The third-order valence-corrected chi connectivity index (χ3v) is 6.64. The Morgan fingerprint density at radius 2 is 1.68 bits per heavy atom. The molecule has 114 valence electrons. The van der Waals surface area contributed by atoms with Gasteiger partial charge in [-0.15, -0.1) is 0 Å². The molecule has 1 rings (SSSR count). The molecule has 0 bridgehead atoms. The van der Waals surface area contributed by atoms with Gasteiger partial charge in [0.2, 0.25) is 10.0 Å². The molecule has 19 heavy (non-hydrogen) atoms. The summed E-state index contributed by atoms with van der Waals surface area (Å²) in [5, 5.41) is 0. The van der Waals surface area contributed by atoms with Crippen molar-refractivity contribution in [3.05, 3.63) is 0 Å². The van der Waals surface area contributed by atoms with E-state index in [4.69, 9.17) is 0 Å². The Bertz CT molecular complexity index is 484. The first-order valence-corrected chi connectivity index (χ1v) is 10.5. The minimum Gasteiger partial charge on any atom is -0.229 e. The molecule has 0 aromatic carbocycles. The maximum atomic E-state index is 12.3. The van der Waals surface area contributed by atoms with Crippen LogP contribution < -0.4 is 0 Å². The summed E-state index contributed by atoms with van der Waals surface area (Å²) in [5.74, 6) is 0.232. The Morgan fingerprint density at radius 1 is 1.05 bits per heavy atom. The lowest BCUT2D eigenvalue weighted by molar-refractivity contribution is 0.317. The van der Waals surface area contributed by atoms with Gasteiger partial charge in [0, 0.05) is 18.8 Å². The van der Waals surface area contributed by atoms with Gasteiger partial charge < -0.3 is 0 Å². The average Bonchev–Trinajstić information content (AvgIpc) is 2.38. The predicted molar refractivity (Wildman–Crippen MR) is 77.3 cm³/mol. The second kappa shape index (κ2) is 6.54. The summed E-state index contributed by atoms with van der Waals surface area (Å²) in [4.78, 5) is 0. The van der Waals surface area contributed by atoms with Crippen molar-refractivity contribution in [2.45, 2.75) is 45.6 Å². The SMILES string of the molecule is C[C@H]1CCC[C@H](C)N(S(=O)(=O)CCCS(C)(=O)=O)C1. The van der Waals surface area contributed by atoms with Crippen molar-refractivity contribution in [3.8, 4) is 0 Å². The predicted octanol–water partition coefficient (Wildman–Crippen LogP) is 1.26. The third-order valence-electron chi connectivity index (χ3n) is 3.58. The molecule has 0 saturated carbocycles. The van der Waals surface area contributed by atoms with Crippen LogP contribution in [0.4, 0.5) is 0 Å². The molecule has 1 aliphatic rings. The number of rotatable bonds is 5. The lowest BCUT2D eigenvalue weighted by Crippen LogP contribution is -2.41.